The molecule has 0 atom stereocenters. The Bertz CT molecular complexity index is 5010. The van der Waals surface area contributed by atoms with Crippen LogP contribution in [0.4, 0.5) is 0 Å². The van der Waals surface area contributed by atoms with Crippen LogP contribution >= 0.6 is 15.9 Å². The van der Waals surface area contributed by atoms with Gasteiger partial charge in [0.1, 0.15) is 5.60 Å². The van der Waals surface area contributed by atoms with Gasteiger partial charge in [-0.3, -0.25) is 4.79 Å². The Balaban J connectivity index is 0.000000135. The van der Waals surface area contributed by atoms with Crippen LogP contribution in [0.25, 0.3) is 111 Å². The lowest BCUT2D eigenvalue weighted by Gasteiger charge is -2.29. The predicted octanol–water partition coefficient (Wildman–Crippen LogP) is 22.9. The second kappa shape index (κ2) is 24.6. The Morgan fingerprint density at radius 2 is 0.602 bits per heavy atom. The maximum Gasteiger partial charge on any atom is 0.194 e. The summed E-state index contributed by atoms with van der Waals surface area (Å²) in [6, 6.07) is 93.1. The third kappa shape index (κ3) is 11.8. The zero-order valence-corrected chi connectivity index (χ0v) is 55.1. The van der Waals surface area contributed by atoms with Gasteiger partial charge >= 0.3 is 0 Å². The number of rotatable bonds is 7. The molecule has 5 heteroatoms. The topological polar surface area (TPSA) is 63.1 Å². The van der Waals surface area contributed by atoms with Gasteiger partial charge in [0.25, 0.3) is 0 Å². The molecule has 2 heterocycles. The van der Waals surface area contributed by atoms with E-state index < -0.39 is 5.60 Å². The highest BCUT2D eigenvalue weighted by Gasteiger charge is 2.46. The number of ketones is 1. The zero-order chi connectivity index (χ0) is 64.2. The van der Waals surface area contributed by atoms with E-state index >= 15 is 0 Å². The minimum Gasteiger partial charge on any atom is -0.376 e. The number of aryl methyl sites for hydroxylation is 8. The lowest BCUT2D eigenvalue weighted by molar-refractivity contribution is 0.104. The molecule has 14 aromatic rings. The fourth-order valence-electron chi connectivity index (χ4n) is 14.1. The summed E-state index contributed by atoms with van der Waals surface area (Å²) in [6.45, 7) is 17.0. The van der Waals surface area contributed by atoms with Gasteiger partial charge in [0.2, 0.25) is 0 Å². The van der Waals surface area contributed by atoms with Gasteiger partial charge in [-0.1, -0.05) is 263 Å². The Kier molecular flexibility index (Phi) is 15.9. The number of carbonyl (C=O) groups is 1. The number of nitrogens with zero attached hydrogens (tertiary/aromatic N) is 2. The van der Waals surface area contributed by atoms with Crippen molar-refractivity contribution in [2.45, 2.75) is 61.0 Å². The number of pyridine rings is 2. The van der Waals surface area contributed by atoms with Crippen LogP contribution in [0.5, 0.6) is 0 Å². The Morgan fingerprint density at radius 1 is 0.280 bits per heavy atom. The third-order valence-corrected chi connectivity index (χ3v) is 18.6. The van der Waals surface area contributed by atoms with Gasteiger partial charge in [0.05, 0.1) is 22.4 Å². The molecule has 2 aliphatic carbocycles. The second-order valence-electron chi connectivity index (χ2n) is 25.4. The fraction of sp³-hybridized carbons (Fsp3) is 0.102. The maximum absolute atomic E-state index is 13.6. The number of benzene rings is 12. The van der Waals surface area contributed by atoms with Crippen molar-refractivity contribution in [2.75, 3.05) is 0 Å². The molecule has 0 radical (unpaired) electrons. The van der Waals surface area contributed by atoms with Crippen LogP contribution in [0.2, 0.25) is 0 Å². The highest BCUT2D eigenvalue weighted by molar-refractivity contribution is 9.10. The number of hydrogen-bond acceptors (Lipinski definition) is 4. The summed E-state index contributed by atoms with van der Waals surface area (Å²) in [5.74, 6) is 0.123. The van der Waals surface area contributed by atoms with Crippen LogP contribution in [0, 0.1) is 55.4 Å². The number of para-hydroxylation sites is 2. The van der Waals surface area contributed by atoms with E-state index in [0.29, 0.717) is 0 Å². The summed E-state index contributed by atoms with van der Waals surface area (Å²) in [4.78, 5) is 23.2. The molecule has 1 N–H and O–H groups in total. The van der Waals surface area contributed by atoms with Crippen LogP contribution in [-0.4, -0.2) is 20.9 Å². The normalized spacial score (nSPS) is 12.3. The summed E-state index contributed by atoms with van der Waals surface area (Å²) >= 11 is 3.59. The molecule has 2 aliphatic rings. The quantitative estimate of drug-likeness (QED) is 0.173. The van der Waals surface area contributed by atoms with Crippen molar-refractivity contribution in [3.63, 3.8) is 0 Å². The van der Waals surface area contributed by atoms with E-state index in [1.165, 1.54) is 44.5 Å². The molecule has 0 unspecified atom stereocenters. The Morgan fingerprint density at radius 3 is 1.00 bits per heavy atom. The number of fused-ring (bicyclic) bond motifs is 8. The van der Waals surface area contributed by atoms with E-state index in [0.717, 1.165) is 143 Å². The molecule has 0 spiro atoms. The smallest absolute Gasteiger partial charge is 0.194 e. The van der Waals surface area contributed by atoms with E-state index in [4.69, 9.17) is 9.97 Å². The van der Waals surface area contributed by atoms with Crippen molar-refractivity contribution in [2.24, 2.45) is 0 Å². The lowest BCUT2D eigenvalue weighted by atomic mass is 9.80. The highest BCUT2D eigenvalue weighted by Crippen LogP contribution is 2.55. The van der Waals surface area contributed by atoms with Crippen LogP contribution in [-0.2, 0) is 5.60 Å². The molecule has 16 rings (SSSR count). The van der Waals surface area contributed by atoms with Crippen molar-refractivity contribution in [3.8, 4) is 89.3 Å². The first-order chi connectivity index (χ1) is 45.0. The summed E-state index contributed by atoms with van der Waals surface area (Å²) < 4.78 is 1.03. The van der Waals surface area contributed by atoms with Crippen molar-refractivity contribution < 1.29 is 9.90 Å². The van der Waals surface area contributed by atoms with Crippen molar-refractivity contribution in [1.29, 1.82) is 0 Å². The molecule has 93 heavy (non-hydrogen) atoms. The lowest BCUT2D eigenvalue weighted by Crippen LogP contribution is -2.27. The first-order valence-corrected chi connectivity index (χ1v) is 32.6. The second-order valence-corrected chi connectivity index (χ2v) is 26.3. The van der Waals surface area contributed by atoms with Gasteiger partial charge in [-0.15, -0.1) is 0 Å². The number of carbonyl (C=O) groups excluding carboxylic acids is 1. The van der Waals surface area contributed by atoms with E-state index in [2.05, 4.69) is 265 Å². The minimum atomic E-state index is -1.45. The summed E-state index contributed by atoms with van der Waals surface area (Å²) in [6.07, 6.45) is 0. The zero-order valence-electron chi connectivity index (χ0n) is 53.5. The molecule has 0 saturated carbocycles. The van der Waals surface area contributed by atoms with Crippen LogP contribution in [0.1, 0.15) is 77.1 Å². The number of aliphatic hydroxyl groups is 1. The van der Waals surface area contributed by atoms with Crippen LogP contribution in [0.3, 0.4) is 0 Å². The summed E-state index contributed by atoms with van der Waals surface area (Å²) in [7, 11) is 0. The van der Waals surface area contributed by atoms with Gasteiger partial charge in [-0.2, -0.15) is 0 Å². The van der Waals surface area contributed by atoms with E-state index in [1.807, 2.05) is 72.8 Å². The van der Waals surface area contributed by atoms with Crippen LogP contribution in [0.15, 0.2) is 271 Å². The van der Waals surface area contributed by atoms with Gasteiger partial charge in [0, 0.05) is 54.2 Å². The summed E-state index contributed by atoms with van der Waals surface area (Å²) in [5.41, 5.74) is 31.5. The van der Waals surface area contributed by atoms with Gasteiger partial charge in [-0.25, -0.2) is 9.97 Å². The van der Waals surface area contributed by atoms with Crippen molar-refractivity contribution in [1.82, 2.24) is 9.97 Å². The first kappa shape index (κ1) is 60.2. The van der Waals surface area contributed by atoms with Gasteiger partial charge in [-0.05, 0) is 187 Å². The number of aromatic nitrogens is 2. The minimum absolute atomic E-state index is 0.123. The number of hydrogen-bond donors (Lipinski definition) is 1. The summed E-state index contributed by atoms with van der Waals surface area (Å²) in [5, 5.41) is 15.7. The first-order valence-electron chi connectivity index (χ1n) is 31.8. The monoisotopic (exact) mass is 1260 g/mol. The molecular weight excluding hydrogens is 1200 g/mol. The molecule has 0 fully saturated rings. The Labute approximate surface area is 553 Å². The molecular formula is C88H69BrN2O2. The third-order valence-electron chi connectivity index (χ3n) is 18.0. The average Bonchev–Trinajstić information content (AvgIpc) is 1.56. The molecule has 0 aliphatic heterocycles. The predicted molar refractivity (Wildman–Crippen MR) is 391 cm³/mol. The van der Waals surface area contributed by atoms with Crippen molar-refractivity contribution >= 4 is 43.5 Å². The molecule has 12 aromatic carbocycles. The fourth-order valence-corrected chi connectivity index (χ4v) is 14.6. The molecule has 4 nitrogen and oxygen atoms in total. The maximum atomic E-state index is 13.6. The molecule has 0 saturated heterocycles. The Hall–Kier alpha value is -10.4. The molecule has 0 bridgehead atoms. The van der Waals surface area contributed by atoms with Crippen LogP contribution < -0.4 is 0 Å². The molecule has 0 amide bonds. The molecule has 2 aromatic heterocycles. The van der Waals surface area contributed by atoms with Gasteiger partial charge < -0.3 is 5.11 Å². The standard InChI is InChI=1S/C44H35NO.C29H24O.C15H10BrN/c1-27-18-28(2)21-35(20-27)32-14-16-37-38-17-15-33(36-22-29(3)19-30(4)23-36)25-40(38)44(46,39(37)24-32)41-26-34-12-8-9-13-42(34)45-43(41)31-10-6-5-7-11-31;1-17-9-18(2)12-23(11-17)21-5-7-25-26-8-6-22(16-28(26)29(30)27(25)15-21)24-13-19(3)10-20(4)14-24;16-13-10-12-8-4-5-9-14(12)17-15(13)11-6-2-1-3-7-11/h5-26,46H,1-4H3;5-16H,1-4H3;1-10H. The van der Waals surface area contributed by atoms with E-state index in [1.54, 1.807) is 0 Å². The van der Waals surface area contributed by atoms with E-state index in [9.17, 15) is 9.90 Å². The van der Waals surface area contributed by atoms with E-state index in [-0.39, 0.29) is 5.78 Å². The largest absolute Gasteiger partial charge is 0.376 e. The van der Waals surface area contributed by atoms with Crippen molar-refractivity contribution in [3.05, 3.63) is 344 Å². The number of halogens is 1. The highest BCUT2D eigenvalue weighted by atomic mass is 79.9. The van der Waals surface area contributed by atoms with Gasteiger partial charge in [0.15, 0.2) is 5.78 Å². The SMILES string of the molecule is Brc1cc2ccccc2nc1-c1ccccc1.Cc1cc(C)cc(-c2ccc3c(c2)C(=O)c2cc(-c4cc(C)cc(C)c4)ccc2-3)c1.Cc1cc(C)cc(-c2ccc3c(c2)C(O)(c2cc4ccccc4nc2-c2ccccc2)c2cc(-c4cc(C)cc(C)c4)ccc2-3)c1. The average molecular weight is 1270 g/mol. The molecule has 450 valence electrons.